The average molecular weight is 389 g/mol. The van der Waals surface area contributed by atoms with Crippen molar-refractivity contribution in [1.82, 2.24) is 14.7 Å². The van der Waals surface area contributed by atoms with Crippen LogP contribution < -0.4 is 5.32 Å². The predicted octanol–water partition coefficient (Wildman–Crippen LogP) is 2.63. The second-order valence-corrected chi connectivity index (χ2v) is 9.61. The number of hydrogen-bond acceptors (Lipinski definition) is 7. The van der Waals surface area contributed by atoms with Crippen LogP contribution in [0.25, 0.3) is 0 Å². The van der Waals surface area contributed by atoms with Crippen molar-refractivity contribution in [2.45, 2.75) is 19.1 Å². The summed E-state index contributed by atoms with van der Waals surface area (Å²) in [5.41, 5.74) is 0.598. The molecule has 0 saturated carbocycles. The highest BCUT2D eigenvalue weighted by Gasteiger charge is 2.30. The lowest BCUT2D eigenvalue weighted by molar-refractivity contribution is 0.198. The van der Waals surface area contributed by atoms with Crippen LogP contribution >= 0.6 is 23.6 Å². The van der Waals surface area contributed by atoms with E-state index in [0.717, 1.165) is 0 Å². The van der Waals surface area contributed by atoms with E-state index in [9.17, 15) is 12.8 Å². The van der Waals surface area contributed by atoms with E-state index in [4.69, 9.17) is 12.2 Å². The first-order chi connectivity index (χ1) is 11.3. The summed E-state index contributed by atoms with van der Waals surface area (Å²) in [5, 5.41) is 7.98. The van der Waals surface area contributed by atoms with Gasteiger partial charge >= 0.3 is 0 Å². The fourth-order valence-corrected chi connectivity index (χ4v) is 5.40. The lowest BCUT2D eigenvalue weighted by atomic mass is 10.2. The molecule has 0 radical (unpaired) electrons. The summed E-state index contributed by atoms with van der Waals surface area (Å²) in [4.78, 5) is 1.95. The SMILES string of the molecule is CN(Cn1nc(Nc2cccc(F)c2)sc1=S)[C@@H]1CCS(=O)(=O)C1. The third-order valence-electron chi connectivity index (χ3n) is 3.87. The largest absolute Gasteiger partial charge is 0.330 e. The summed E-state index contributed by atoms with van der Waals surface area (Å²) in [6.45, 7) is 0.417. The summed E-state index contributed by atoms with van der Waals surface area (Å²) in [6.07, 6.45) is 0.630. The lowest BCUT2D eigenvalue weighted by Crippen LogP contribution is -2.34. The van der Waals surface area contributed by atoms with Gasteiger partial charge in [0.25, 0.3) is 0 Å². The van der Waals surface area contributed by atoms with Gasteiger partial charge in [0.15, 0.2) is 13.8 Å². The molecule has 1 N–H and O–H groups in total. The number of nitrogens with one attached hydrogen (secondary N) is 1. The molecule has 2 heterocycles. The lowest BCUT2D eigenvalue weighted by Gasteiger charge is -2.22. The maximum atomic E-state index is 13.2. The van der Waals surface area contributed by atoms with Gasteiger partial charge in [0.1, 0.15) is 5.82 Å². The summed E-state index contributed by atoms with van der Waals surface area (Å²) >= 11 is 6.60. The van der Waals surface area contributed by atoms with Crippen LogP contribution in [-0.2, 0) is 16.5 Å². The molecule has 1 aliphatic rings. The normalized spacial score (nSPS) is 19.7. The van der Waals surface area contributed by atoms with Crippen LogP contribution in [0.3, 0.4) is 0 Å². The predicted molar refractivity (Wildman–Crippen MR) is 95.4 cm³/mol. The van der Waals surface area contributed by atoms with E-state index in [0.29, 0.717) is 27.9 Å². The molecule has 3 rings (SSSR count). The minimum absolute atomic E-state index is 0.0155. The van der Waals surface area contributed by atoms with E-state index in [1.807, 2.05) is 11.9 Å². The fourth-order valence-electron chi connectivity index (χ4n) is 2.59. The molecule has 1 aromatic heterocycles. The van der Waals surface area contributed by atoms with Gasteiger partial charge in [-0.05, 0) is 43.9 Å². The molecule has 0 amide bonds. The molecule has 1 fully saturated rings. The smallest absolute Gasteiger partial charge is 0.209 e. The molecular formula is C14H17FN4O2S3. The van der Waals surface area contributed by atoms with Crippen molar-refractivity contribution in [3.8, 4) is 0 Å². The summed E-state index contributed by atoms with van der Waals surface area (Å²) in [5.74, 6) is 0.0804. The van der Waals surface area contributed by atoms with E-state index in [1.165, 1.54) is 23.5 Å². The van der Waals surface area contributed by atoms with Crippen molar-refractivity contribution >= 4 is 44.2 Å². The zero-order chi connectivity index (χ0) is 17.3. The summed E-state index contributed by atoms with van der Waals surface area (Å²) in [6, 6.07) is 6.09. The number of aromatic nitrogens is 2. The van der Waals surface area contributed by atoms with Crippen LogP contribution in [0.5, 0.6) is 0 Å². The highest BCUT2D eigenvalue weighted by molar-refractivity contribution is 7.91. The number of nitrogens with zero attached hydrogens (tertiary/aromatic N) is 3. The van der Waals surface area contributed by atoms with Gasteiger partial charge in [0.2, 0.25) is 5.13 Å². The first kappa shape index (κ1) is 17.5. The molecule has 0 spiro atoms. The maximum absolute atomic E-state index is 13.2. The number of sulfone groups is 1. The highest BCUT2D eigenvalue weighted by Crippen LogP contribution is 2.22. The molecular weight excluding hydrogens is 371 g/mol. The van der Waals surface area contributed by atoms with Crippen LogP contribution in [0.15, 0.2) is 24.3 Å². The zero-order valence-electron chi connectivity index (χ0n) is 13.0. The number of anilines is 2. The molecule has 0 bridgehead atoms. The second-order valence-electron chi connectivity index (χ2n) is 5.76. The molecule has 1 aromatic carbocycles. The van der Waals surface area contributed by atoms with Crippen LogP contribution in [0.2, 0.25) is 0 Å². The number of benzene rings is 1. The summed E-state index contributed by atoms with van der Waals surface area (Å²) < 4.78 is 38.6. The molecule has 1 aliphatic heterocycles. The minimum Gasteiger partial charge on any atom is -0.330 e. The molecule has 0 aliphatic carbocycles. The van der Waals surface area contributed by atoms with E-state index in [2.05, 4.69) is 10.4 Å². The Labute approximate surface area is 148 Å². The Bertz CT molecular complexity index is 893. The zero-order valence-corrected chi connectivity index (χ0v) is 15.4. The van der Waals surface area contributed by atoms with Crippen LogP contribution in [0, 0.1) is 9.77 Å². The van der Waals surface area contributed by atoms with Crippen LogP contribution in [0.1, 0.15) is 6.42 Å². The van der Waals surface area contributed by atoms with Gasteiger partial charge in [0.05, 0.1) is 18.2 Å². The Morgan fingerprint density at radius 1 is 1.54 bits per heavy atom. The van der Waals surface area contributed by atoms with E-state index < -0.39 is 9.84 Å². The van der Waals surface area contributed by atoms with Crippen molar-refractivity contribution in [1.29, 1.82) is 0 Å². The average Bonchev–Trinajstić information content (AvgIpc) is 3.02. The molecule has 10 heteroatoms. The topological polar surface area (TPSA) is 67.2 Å². The van der Waals surface area contributed by atoms with Crippen molar-refractivity contribution in [3.63, 3.8) is 0 Å². The van der Waals surface area contributed by atoms with Gasteiger partial charge < -0.3 is 5.32 Å². The van der Waals surface area contributed by atoms with Gasteiger partial charge in [-0.1, -0.05) is 17.4 Å². The molecule has 24 heavy (non-hydrogen) atoms. The van der Waals surface area contributed by atoms with Gasteiger partial charge in [0, 0.05) is 11.7 Å². The van der Waals surface area contributed by atoms with Crippen molar-refractivity contribution in [2.75, 3.05) is 23.9 Å². The van der Waals surface area contributed by atoms with Gasteiger partial charge in [-0.15, -0.1) is 5.10 Å². The standard InChI is InChI=1S/C14H17FN4O2S3/c1-18(12-5-6-24(20,21)8-12)9-19-14(22)23-13(17-19)16-11-4-2-3-10(15)7-11/h2-4,7,12H,5-6,8-9H2,1H3,(H,16,17)/t12-/m1/s1. The third-order valence-corrected chi connectivity index (χ3v) is 6.84. The van der Waals surface area contributed by atoms with Gasteiger partial charge in [-0.3, -0.25) is 4.90 Å². The Balaban J connectivity index is 1.69. The molecule has 0 unspecified atom stereocenters. The number of halogens is 1. The van der Waals surface area contributed by atoms with E-state index >= 15 is 0 Å². The molecule has 1 atom stereocenters. The Hall–Kier alpha value is -1.36. The monoisotopic (exact) mass is 388 g/mol. The minimum atomic E-state index is -2.93. The maximum Gasteiger partial charge on any atom is 0.209 e. The van der Waals surface area contributed by atoms with Gasteiger partial charge in [-0.25, -0.2) is 17.5 Å². The number of hydrogen-bond donors (Lipinski definition) is 1. The summed E-state index contributed by atoms with van der Waals surface area (Å²) in [7, 11) is -1.06. The number of rotatable bonds is 5. The van der Waals surface area contributed by atoms with Crippen molar-refractivity contribution in [3.05, 3.63) is 34.0 Å². The van der Waals surface area contributed by atoms with Crippen molar-refractivity contribution in [2.24, 2.45) is 0 Å². The van der Waals surface area contributed by atoms with E-state index in [-0.39, 0.29) is 23.4 Å². The highest BCUT2D eigenvalue weighted by atomic mass is 32.2. The van der Waals surface area contributed by atoms with Crippen LogP contribution in [-0.4, -0.2) is 47.7 Å². The molecule has 6 nitrogen and oxygen atoms in total. The molecule has 1 saturated heterocycles. The van der Waals surface area contributed by atoms with E-state index in [1.54, 1.807) is 16.8 Å². The fraction of sp³-hybridized carbons (Fsp3) is 0.429. The quantitative estimate of drug-likeness (QED) is 0.795. The first-order valence-electron chi connectivity index (χ1n) is 7.33. The Morgan fingerprint density at radius 3 is 3.00 bits per heavy atom. The Kier molecular flexibility index (Phi) is 5.00. The van der Waals surface area contributed by atoms with Crippen molar-refractivity contribution < 1.29 is 12.8 Å². The Morgan fingerprint density at radius 2 is 2.33 bits per heavy atom. The third kappa shape index (κ3) is 4.18. The van der Waals surface area contributed by atoms with Gasteiger partial charge in [-0.2, -0.15) is 0 Å². The molecule has 2 aromatic rings. The van der Waals surface area contributed by atoms with Crippen LogP contribution in [0.4, 0.5) is 15.2 Å². The molecule has 130 valence electrons. The second kappa shape index (κ2) is 6.87. The first-order valence-corrected chi connectivity index (χ1v) is 10.4.